The molecule has 0 unspecified atom stereocenters. The summed E-state index contributed by atoms with van der Waals surface area (Å²) in [6.07, 6.45) is -1.87. The van der Waals surface area contributed by atoms with Crippen molar-refractivity contribution in [1.82, 2.24) is 15.0 Å². The molecule has 2 rings (SSSR count). The van der Waals surface area contributed by atoms with Crippen LogP contribution in [0.2, 0.25) is 0 Å². The highest BCUT2D eigenvalue weighted by molar-refractivity contribution is 7.98. The minimum Gasteiger partial charge on any atom is -0.460 e. The summed E-state index contributed by atoms with van der Waals surface area (Å²) >= 11 is 1.19. The van der Waals surface area contributed by atoms with E-state index in [9.17, 15) is 17.6 Å². The molecule has 25 heavy (non-hydrogen) atoms. The first-order valence-corrected chi connectivity index (χ1v) is 8.04. The molecule has 2 aromatic heterocycles. The van der Waals surface area contributed by atoms with Gasteiger partial charge in [-0.15, -0.1) is 0 Å². The van der Waals surface area contributed by atoms with Crippen molar-refractivity contribution >= 4 is 11.8 Å². The molecule has 0 fully saturated rings. The zero-order valence-electron chi connectivity index (χ0n) is 13.3. The lowest BCUT2D eigenvalue weighted by molar-refractivity contribution is -0.235. The fourth-order valence-electron chi connectivity index (χ4n) is 1.66. The summed E-state index contributed by atoms with van der Waals surface area (Å²) in [5, 5.41) is 9.26. The molecule has 2 aromatic rings. The van der Waals surface area contributed by atoms with Gasteiger partial charge in [-0.25, -0.2) is 19.3 Å². The van der Waals surface area contributed by atoms with Crippen LogP contribution in [-0.4, -0.2) is 33.0 Å². The summed E-state index contributed by atoms with van der Waals surface area (Å²) in [4.78, 5) is 11.7. The van der Waals surface area contributed by atoms with Gasteiger partial charge in [0, 0.05) is 17.8 Å². The molecular weight excluding hydrogens is 360 g/mol. The molecule has 0 atom stereocenters. The van der Waals surface area contributed by atoms with Gasteiger partial charge in [-0.05, 0) is 26.2 Å². The van der Waals surface area contributed by atoms with E-state index in [4.69, 9.17) is 5.26 Å². The molecule has 0 aliphatic rings. The monoisotopic (exact) mass is 372 g/mol. The molecule has 0 amide bonds. The standard InChI is InChI=1S/C15H12F4N4OS/c1-14(2,15(17,18)19)24-12-10(16)4-8(7-21-12)11-5-9(6-20)22-13(23-11)25-3/h4-5,7H,1-3H3. The van der Waals surface area contributed by atoms with Gasteiger partial charge in [-0.1, -0.05) is 11.8 Å². The van der Waals surface area contributed by atoms with Crippen LogP contribution in [0, 0.1) is 17.1 Å². The minimum atomic E-state index is -4.69. The Morgan fingerprint density at radius 1 is 1.20 bits per heavy atom. The zero-order valence-corrected chi connectivity index (χ0v) is 14.2. The number of halogens is 4. The van der Waals surface area contributed by atoms with Crippen molar-refractivity contribution in [3.63, 3.8) is 0 Å². The van der Waals surface area contributed by atoms with Crippen LogP contribution >= 0.6 is 11.8 Å². The number of alkyl halides is 3. The van der Waals surface area contributed by atoms with Gasteiger partial charge in [0.05, 0.1) is 5.69 Å². The van der Waals surface area contributed by atoms with Crippen LogP contribution in [0.5, 0.6) is 5.88 Å². The number of hydrogen-bond donors (Lipinski definition) is 0. The molecule has 0 aromatic carbocycles. The number of pyridine rings is 1. The molecule has 132 valence electrons. The summed E-state index contributed by atoms with van der Waals surface area (Å²) in [6.45, 7) is 1.55. The van der Waals surface area contributed by atoms with Gasteiger partial charge in [0.2, 0.25) is 0 Å². The van der Waals surface area contributed by atoms with Gasteiger partial charge in [0.15, 0.2) is 16.6 Å². The maximum Gasteiger partial charge on any atom is 0.427 e. The van der Waals surface area contributed by atoms with E-state index in [1.807, 2.05) is 6.07 Å². The molecule has 0 bridgehead atoms. The third-order valence-electron chi connectivity index (χ3n) is 3.14. The van der Waals surface area contributed by atoms with Crippen LogP contribution in [0.25, 0.3) is 11.3 Å². The summed E-state index contributed by atoms with van der Waals surface area (Å²) in [5.74, 6) is -1.84. The molecular formula is C15H12F4N4OS. The van der Waals surface area contributed by atoms with Crippen LogP contribution in [0.4, 0.5) is 17.6 Å². The average molecular weight is 372 g/mol. The molecule has 0 saturated heterocycles. The molecule has 0 saturated carbocycles. The van der Waals surface area contributed by atoms with Gasteiger partial charge in [-0.2, -0.15) is 18.4 Å². The number of hydrogen-bond acceptors (Lipinski definition) is 6. The smallest absolute Gasteiger partial charge is 0.427 e. The summed E-state index contributed by atoms with van der Waals surface area (Å²) in [5.41, 5.74) is -2.11. The Labute approximate surface area is 145 Å². The fourth-order valence-corrected chi connectivity index (χ4v) is 2.04. The van der Waals surface area contributed by atoms with E-state index in [1.165, 1.54) is 17.8 Å². The number of nitriles is 1. The Bertz CT molecular complexity index is 833. The normalized spacial score (nSPS) is 11.9. The first kappa shape index (κ1) is 18.9. The second-order valence-corrected chi connectivity index (χ2v) is 6.13. The maximum absolute atomic E-state index is 14.2. The molecule has 2 heterocycles. The Morgan fingerprint density at radius 3 is 2.40 bits per heavy atom. The van der Waals surface area contributed by atoms with Gasteiger partial charge < -0.3 is 4.74 Å². The van der Waals surface area contributed by atoms with Crippen molar-refractivity contribution in [2.24, 2.45) is 0 Å². The topological polar surface area (TPSA) is 71.7 Å². The molecule has 0 aliphatic heterocycles. The van der Waals surface area contributed by atoms with Crippen LogP contribution in [0.1, 0.15) is 19.5 Å². The number of aromatic nitrogens is 3. The summed E-state index contributed by atoms with van der Waals surface area (Å²) in [6, 6.07) is 4.13. The van der Waals surface area contributed by atoms with E-state index < -0.39 is 23.5 Å². The first-order chi connectivity index (χ1) is 11.6. The lowest BCUT2D eigenvalue weighted by atomic mass is 10.1. The third kappa shape index (κ3) is 4.17. The number of ether oxygens (including phenoxy) is 1. The fraction of sp³-hybridized carbons (Fsp3) is 0.333. The van der Waals surface area contributed by atoms with Crippen molar-refractivity contribution in [3.8, 4) is 23.2 Å². The average Bonchev–Trinajstić information content (AvgIpc) is 2.54. The van der Waals surface area contributed by atoms with E-state index in [0.29, 0.717) is 5.16 Å². The molecule has 0 radical (unpaired) electrons. The van der Waals surface area contributed by atoms with Crippen molar-refractivity contribution in [2.45, 2.75) is 30.8 Å². The minimum absolute atomic E-state index is 0.0771. The Balaban J connectivity index is 2.39. The molecule has 5 nitrogen and oxygen atoms in total. The van der Waals surface area contributed by atoms with Crippen molar-refractivity contribution in [2.75, 3.05) is 6.26 Å². The second kappa shape index (κ2) is 6.84. The van der Waals surface area contributed by atoms with Crippen LogP contribution in [-0.2, 0) is 0 Å². The molecule has 0 spiro atoms. The summed E-state index contributed by atoms with van der Waals surface area (Å²) < 4.78 is 57.3. The SMILES string of the molecule is CSc1nc(C#N)cc(-c2cnc(OC(C)(C)C(F)(F)F)c(F)c2)n1. The Kier molecular flexibility index (Phi) is 5.17. The zero-order chi connectivity index (χ0) is 18.8. The molecule has 0 aliphatic carbocycles. The maximum atomic E-state index is 14.2. The van der Waals surface area contributed by atoms with E-state index in [2.05, 4.69) is 19.7 Å². The predicted molar refractivity (Wildman–Crippen MR) is 82.5 cm³/mol. The number of thioether (sulfide) groups is 1. The third-order valence-corrected chi connectivity index (χ3v) is 3.69. The highest BCUT2D eigenvalue weighted by atomic mass is 32.2. The Hall–Kier alpha value is -2.41. The van der Waals surface area contributed by atoms with E-state index >= 15 is 0 Å². The number of rotatable bonds is 4. The van der Waals surface area contributed by atoms with Crippen molar-refractivity contribution in [1.29, 1.82) is 5.26 Å². The lowest BCUT2D eigenvalue weighted by Crippen LogP contribution is -2.45. The van der Waals surface area contributed by atoms with E-state index in [-0.39, 0.29) is 17.0 Å². The van der Waals surface area contributed by atoms with Crippen LogP contribution in [0.15, 0.2) is 23.5 Å². The highest BCUT2D eigenvalue weighted by Crippen LogP contribution is 2.35. The Morgan fingerprint density at radius 2 is 1.88 bits per heavy atom. The quantitative estimate of drug-likeness (QED) is 0.459. The van der Waals surface area contributed by atoms with E-state index in [1.54, 1.807) is 6.26 Å². The van der Waals surface area contributed by atoms with E-state index in [0.717, 1.165) is 26.1 Å². The largest absolute Gasteiger partial charge is 0.460 e. The van der Waals surface area contributed by atoms with Gasteiger partial charge in [-0.3, -0.25) is 0 Å². The molecule has 10 heteroatoms. The second-order valence-electron chi connectivity index (χ2n) is 5.36. The first-order valence-electron chi connectivity index (χ1n) is 6.82. The van der Waals surface area contributed by atoms with Gasteiger partial charge in [0.1, 0.15) is 11.8 Å². The van der Waals surface area contributed by atoms with Crippen LogP contribution in [0.3, 0.4) is 0 Å². The highest BCUT2D eigenvalue weighted by Gasteiger charge is 2.50. The van der Waals surface area contributed by atoms with Crippen LogP contribution < -0.4 is 4.74 Å². The van der Waals surface area contributed by atoms with Gasteiger partial charge in [0.25, 0.3) is 5.88 Å². The molecule has 0 N–H and O–H groups in total. The predicted octanol–water partition coefficient (Wildman–Crippen LogP) is 3.99. The van der Waals surface area contributed by atoms with Gasteiger partial charge >= 0.3 is 6.18 Å². The lowest BCUT2D eigenvalue weighted by Gasteiger charge is -2.28. The number of nitrogens with zero attached hydrogens (tertiary/aromatic N) is 4. The summed E-state index contributed by atoms with van der Waals surface area (Å²) in [7, 11) is 0. The van der Waals surface area contributed by atoms with Crippen molar-refractivity contribution < 1.29 is 22.3 Å². The van der Waals surface area contributed by atoms with Crippen molar-refractivity contribution in [3.05, 3.63) is 29.8 Å².